The molecule has 0 spiro atoms. The second-order valence-corrected chi connectivity index (χ2v) is 4.30. The van der Waals surface area contributed by atoms with Crippen molar-refractivity contribution >= 4 is 16.7 Å². The summed E-state index contributed by atoms with van der Waals surface area (Å²) in [5, 5.41) is 29.4. The molecular weight excluding hydrogens is 250 g/mol. The van der Waals surface area contributed by atoms with Crippen LogP contribution in [0.15, 0.2) is 35.3 Å². The highest BCUT2D eigenvalue weighted by Gasteiger charge is 2.21. The maximum atomic E-state index is 11.2. The number of carboxylic acids is 1. The third kappa shape index (κ3) is 2.98. The topological polar surface area (TPSA) is 111 Å². The van der Waals surface area contributed by atoms with Gasteiger partial charge in [-0.25, -0.2) is 0 Å². The van der Waals surface area contributed by atoms with Gasteiger partial charge in [0.15, 0.2) is 0 Å². The molecule has 6 nitrogen and oxygen atoms in total. The lowest BCUT2D eigenvalue weighted by Crippen LogP contribution is -2.21. The first-order valence-corrected chi connectivity index (χ1v) is 5.67. The number of aliphatic carboxylic acids is 1. The molecule has 0 saturated carbocycles. The van der Waals surface area contributed by atoms with Crippen LogP contribution in [-0.2, 0) is 4.79 Å². The quantitative estimate of drug-likeness (QED) is 0.638. The largest absolute Gasteiger partial charge is 0.481 e. The van der Waals surface area contributed by atoms with Crippen LogP contribution in [0.25, 0.3) is 10.8 Å². The molecule has 2 atom stereocenters. The van der Waals surface area contributed by atoms with Crippen molar-refractivity contribution in [2.45, 2.75) is 18.6 Å². The van der Waals surface area contributed by atoms with Gasteiger partial charge in [-0.2, -0.15) is 0 Å². The van der Waals surface area contributed by atoms with Crippen LogP contribution in [-0.4, -0.2) is 32.4 Å². The van der Waals surface area contributed by atoms with Gasteiger partial charge in [0, 0.05) is 12.3 Å². The van der Waals surface area contributed by atoms with Crippen LogP contribution < -0.4 is 5.56 Å². The average Bonchev–Trinajstić information content (AvgIpc) is 2.36. The standard InChI is InChI=1S/C13H13NO5/c15-10(5-12(17)18)13(19)7-1-2-8-6-14-11(16)4-9(8)3-7/h1-4,6,10,13,15,19H,5H2,(H,14,16)(H,17,18). The van der Waals surface area contributed by atoms with E-state index in [0.29, 0.717) is 10.9 Å². The highest BCUT2D eigenvalue weighted by atomic mass is 16.4. The third-order valence-electron chi connectivity index (χ3n) is 2.86. The second kappa shape index (κ2) is 5.21. The Balaban J connectivity index is 2.34. The summed E-state index contributed by atoms with van der Waals surface area (Å²) in [6.07, 6.45) is -1.70. The maximum absolute atomic E-state index is 11.2. The normalized spacial score (nSPS) is 14.2. The summed E-state index contributed by atoms with van der Waals surface area (Å²) >= 11 is 0. The van der Waals surface area contributed by atoms with Crippen LogP contribution in [0.2, 0.25) is 0 Å². The van der Waals surface area contributed by atoms with Crippen LogP contribution >= 0.6 is 0 Å². The van der Waals surface area contributed by atoms with Crippen molar-refractivity contribution in [3.63, 3.8) is 0 Å². The van der Waals surface area contributed by atoms with E-state index in [1.165, 1.54) is 6.07 Å². The number of hydrogen-bond acceptors (Lipinski definition) is 4. The second-order valence-electron chi connectivity index (χ2n) is 4.30. The Bertz CT molecular complexity index is 663. The summed E-state index contributed by atoms with van der Waals surface area (Å²) in [7, 11) is 0. The fraction of sp³-hybridized carbons (Fsp3) is 0.231. The lowest BCUT2D eigenvalue weighted by molar-refractivity contribution is -0.141. The number of pyridine rings is 1. The molecule has 0 aliphatic rings. The fourth-order valence-corrected chi connectivity index (χ4v) is 1.88. The number of carbonyl (C=O) groups is 1. The number of nitrogens with one attached hydrogen (secondary N) is 1. The first-order valence-electron chi connectivity index (χ1n) is 5.67. The van der Waals surface area contributed by atoms with Crippen molar-refractivity contribution in [1.29, 1.82) is 0 Å². The third-order valence-corrected chi connectivity index (χ3v) is 2.86. The molecular formula is C13H13NO5. The SMILES string of the molecule is O=C(O)CC(O)C(O)c1ccc2c[nH]c(=O)cc2c1. The van der Waals surface area contributed by atoms with E-state index in [1.54, 1.807) is 24.4 Å². The summed E-state index contributed by atoms with van der Waals surface area (Å²) < 4.78 is 0. The lowest BCUT2D eigenvalue weighted by atomic mass is 9.99. The van der Waals surface area contributed by atoms with Crippen molar-refractivity contribution < 1.29 is 20.1 Å². The zero-order valence-corrected chi connectivity index (χ0v) is 9.91. The number of aliphatic hydroxyl groups is 2. The van der Waals surface area contributed by atoms with Gasteiger partial charge in [-0.3, -0.25) is 9.59 Å². The summed E-state index contributed by atoms with van der Waals surface area (Å²) in [5.41, 5.74) is 0.0945. The van der Waals surface area contributed by atoms with Crippen molar-refractivity contribution in [2.75, 3.05) is 0 Å². The molecule has 6 heteroatoms. The van der Waals surface area contributed by atoms with E-state index in [9.17, 15) is 19.8 Å². The smallest absolute Gasteiger partial charge is 0.306 e. The number of aromatic amines is 1. The number of carboxylic acid groups (broad SMARTS) is 1. The molecule has 0 aliphatic heterocycles. The number of hydrogen-bond donors (Lipinski definition) is 4. The van der Waals surface area contributed by atoms with E-state index >= 15 is 0 Å². The van der Waals surface area contributed by atoms with Crippen LogP contribution in [0, 0.1) is 0 Å². The maximum Gasteiger partial charge on any atom is 0.306 e. The minimum absolute atomic E-state index is 0.273. The molecule has 2 aromatic rings. The molecule has 1 heterocycles. The molecule has 19 heavy (non-hydrogen) atoms. The summed E-state index contributed by atoms with van der Waals surface area (Å²) in [4.78, 5) is 24.2. The Hall–Kier alpha value is -2.18. The minimum atomic E-state index is -1.39. The first-order chi connectivity index (χ1) is 8.97. The Morgan fingerprint density at radius 3 is 2.63 bits per heavy atom. The van der Waals surface area contributed by atoms with Crippen molar-refractivity contribution in [3.8, 4) is 0 Å². The number of aliphatic hydroxyl groups excluding tert-OH is 2. The van der Waals surface area contributed by atoms with E-state index < -0.39 is 24.6 Å². The van der Waals surface area contributed by atoms with Gasteiger partial charge < -0.3 is 20.3 Å². The van der Waals surface area contributed by atoms with E-state index in [1.807, 2.05) is 0 Å². The molecule has 0 aliphatic carbocycles. The van der Waals surface area contributed by atoms with Crippen LogP contribution in [0.1, 0.15) is 18.1 Å². The van der Waals surface area contributed by atoms with Gasteiger partial charge in [-0.1, -0.05) is 12.1 Å². The molecule has 100 valence electrons. The number of H-pyrrole nitrogens is 1. The molecule has 1 aromatic heterocycles. The van der Waals surface area contributed by atoms with Gasteiger partial charge >= 0.3 is 5.97 Å². The van der Waals surface area contributed by atoms with E-state index in [-0.39, 0.29) is 5.56 Å². The Kier molecular flexibility index (Phi) is 3.64. The van der Waals surface area contributed by atoms with Gasteiger partial charge in [-0.15, -0.1) is 0 Å². The number of rotatable bonds is 4. The summed E-state index contributed by atoms with van der Waals surface area (Å²) in [5.74, 6) is -1.19. The number of fused-ring (bicyclic) bond motifs is 1. The van der Waals surface area contributed by atoms with Crippen molar-refractivity contribution in [3.05, 3.63) is 46.4 Å². The molecule has 0 saturated heterocycles. The molecule has 2 rings (SSSR count). The van der Waals surface area contributed by atoms with Gasteiger partial charge in [0.25, 0.3) is 0 Å². The molecule has 1 aromatic carbocycles. The minimum Gasteiger partial charge on any atom is -0.481 e. The van der Waals surface area contributed by atoms with Crippen LogP contribution in [0.5, 0.6) is 0 Å². The molecule has 0 fully saturated rings. The molecule has 0 bridgehead atoms. The Labute approximate surface area is 107 Å². The van der Waals surface area contributed by atoms with Gasteiger partial charge in [0.2, 0.25) is 5.56 Å². The molecule has 2 unspecified atom stereocenters. The zero-order valence-electron chi connectivity index (χ0n) is 9.91. The van der Waals surface area contributed by atoms with Crippen molar-refractivity contribution in [2.24, 2.45) is 0 Å². The fourth-order valence-electron chi connectivity index (χ4n) is 1.88. The summed E-state index contributed by atoms with van der Waals surface area (Å²) in [6.45, 7) is 0. The Morgan fingerprint density at radius 1 is 1.21 bits per heavy atom. The predicted molar refractivity (Wildman–Crippen MR) is 67.8 cm³/mol. The molecule has 0 radical (unpaired) electrons. The Morgan fingerprint density at radius 2 is 1.95 bits per heavy atom. The van der Waals surface area contributed by atoms with Crippen LogP contribution in [0.3, 0.4) is 0 Å². The molecule has 4 N–H and O–H groups in total. The highest BCUT2D eigenvalue weighted by molar-refractivity contribution is 5.82. The van der Waals surface area contributed by atoms with E-state index in [2.05, 4.69) is 4.98 Å². The lowest BCUT2D eigenvalue weighted by Gasteiger charge is -2.16. The van der Waals surface area contributed by atoms with Gasteiger partial charge in [0.1, 0.15) is 6.10 Å². The average molecular weight is 263 g/mol. The monoisotopic (exact) mass is 263 g/mol. The van der Waals surface area contributed by atoms with E-state index in [4.69, 9.17) is 5.11 Å². The van der Waals surface area contributed by atoms with Gasteiger partial charge in [-0.05, 0) is 22.4 Å². The van der Waals surface area contributed by atoms with E-state index in [0.717, 1.165) is 5.39 Å². The zero-order chi connectivity index (χ0) is 14.0. The number of aromatic nitrogens is 1. The number of benzene rings is 1. The van der Waals surface area contributed by atoms with Crippen molar-refractivity contribution in [1.82, 2.24) is 4.98 Å². The summed E-state index contributed by atoms with van der Waals surface area (Å²) in [6, 6.07) is 6.18. The van der Waals surface area contributed by atoms with Gasteiger partial charge in [0.05, 0.1) is 12.5 Å². The predicted octanol–water partition coefficient (Wildman–Crippen LogP) is 0.397. The first kappa shape index (κ1) is 13.3. The molecule has 0 amide bonds. The highest BCUT2D eigenvalue weighted by Crippen LogP contribution is 2.22. The van der Waals surface area contributed by atoms with Crippen LogP contribution in [0.4, 0.5) is 0 Å².